The number of likely N-dealkylation sites (tertiary alicyclic amines) is 1. The number of aliphatic hydroxyl groups is 1. The van der Waals surface area contributed by atoms with E-state index in [1.165, 1.54) is 6.42 Å². The lowest BCUT2D eigenvalue weighted by molar-refractivity contribution is -0.132. The SMILES string of the molecule is CC[C@H](O)c1nc2ccccc2n1CC(=O)N1CCCCC1. The third-order valence-electron chi connectivity index (χ3n) is 4.37. The minimum absolute atomic E-state index is 0.118. The quantitative estimate of drug-likeness (QED) is 0.944. The molecule has 5 heteroatoms. The van der Waals surface area contributed by atoms with Crippen molar-refractivity contribution in [1.82, 2.24) is 14.5 Å². The zero-order chi connectivity index (χ0) is 15.5. The molecule has 5 nitrogen and oxygen atoms in total. The molecule has 1 saturated heterocycles. The van der Waals surface area contributed by atoms with Crippen LogP contribution in [-0.4, -0.2) is 38.6 Å². The van der Waals surface area contributed by atoms with Crippen molar-refractivity contribution in [1.29, 1.82) is 0 Å². The number of para-hydroxylation sites is 2. The Morgan fingerprint density at radius 2 is 2.00 bits per heavy atom. The van der Waals surface area contributed by atoms with Gasteiger partial charge in [0.05, 0.1) is 11.0 Å². The van der Waals surface area contributed by atoms with Gasteiger partial charge in [-0.05, 0) is 37.8 Å². The number of nitrogens with zero attached hydrogens (tertiary/aromatic N) is 3. The summed E-state index contributed by atoms with van der Waals surface area (Å²) in [5, 5.41) is 10.2. The Hall–Kier alpha value is -1.88. The van der Waals surface area contributed by atoms with Crippen molar-refractivity contribution in [3.05, 3.63) is 30.1 Å². The number of benzene rings is 1. The average Bonchev–Trinajstić information content (AvgIpc) is 2.93. The molecule has 3 rings (SSSR count). The van der Waals surface area contributed by atoms with Gasteiger partial charge in [-0.3, -0.25) is 4.79 Å². The van der Waals surface area contributed by atoms with Gasteiger partial charge >= 0.3 is 0 Å². The van der Waals surface area contributed by atoms with Gasteiger partial charge in [-0.15, -0.1) is 0 Å². The van der Waals surface area contributed by atoms with Gasteiger partial charge in [-0.25, -0.2) is 4.98 Å². The molecule has 2 heterocycles. The maximum absolute atomic E-state index is 12.6. The first-order valence-electron chi connectivity index (χ1n) is 8.11. The molecule has 1 aromatic carbocycles. The van der Waals surface area contributed by atoms with Gasteiger partial charge in [0.15, 0.2) is 0 Å². The molecule has 1 aromatic heterocycles. The lowest BCUT2D eigenvalue weighted by atomic mass is 10.1. The van der Waals surface area contributed by atoms with Gasteiger partial charge in [0.1, 0.15) is 18.5 Å². The largest absolute Gasteiger partial charge is 0.385 e. The van der Waals surface area contributed by atoms with Crippen molar-refractivity contribution in [3.63, 3.8) is 0 Å². The number of carbonyl (C=O) groups excluding carboxylic acids is 1. The van der Waals surface area contributed by atoms with Crippen molar-refractivity contribution >= 4 is 16.9 Å². The molecule has 1 aliphatic rings. The molecule has 22 heavy (non-hydrogen) atoms. The van der Waals surface area contributed by atoms with E-state index in [2.05, 4.69) is 4.98 Å². The van der Waals surface area contributed by atoms with E-state index in [1.54, 1.807) is 0 Å². The Bertz CT molecular complexity index is 659. The zero-order valence-corrected chi connectivity index (χ0v) is 13.0. The van der Waals surface area contributed by atoms with Gasteiger partial charge in [0, 0.05) is 13.1 Å². The number of fused-ring (bicyclic) bond motifs is 1. The Morgan fingerprint density at radius 1 is 1.27 bits per heavy atom. The van der Waals surface area contributed by atoms with Crippen molar-refractivity contribution in [3.8, 4) is 0 Å². The summed E-state index contributed by atoms with van der Waals surface area (Å²) in [7, 11) is 0. The Balaban J connectivity index is 1.92. The van der Waals surface area contributed by atoms with E-state index < -0.39 is 6.10 Å². The molecule has 1 aliphatic heterocycles. The summed E-state index contributed by atoms with van der Waals surface area (Å²) in [4.78, 5) is 19.0. The van der Waals surface area contributed by atoms with Crippen LogP contribution in [0.4, 0.5) is 0 Å². The van der Waals surface area contributed by atoms with Crippen LogP contribution in [0.2, 0.25) is 0 Å². The number of hydrogen-bond donors (Lipinski definition) is 1. The first kappa shape index (κ1) is 15.0. The molecule has 0 spiro atoms. The predicted molar refractivity (Wildman–Crippen MR) is 85.4 cm³/mol. The number of aromatic nitrogens is 2. The Labute approximate surface area is 130 Å². The van der Waals surface area contributed by atoms with Crippen LogP contribution in [0.1, 0.15) is 44.5 Å². The van der Waals surface area contributed by atoms with Gasteiger partial charge in [-0.2, -0.15) is 0 Å². The van der Waals surface area contributed by atoms with Crippen LogP contribution in [0, 0.1) is 0 Å². The van der Waals surface area contributed by atoms with Gasteiger partial charge < -0.3 is 14.6 Å². The maximum Gasteiger partial charge on any atom is 0.242 e. The number of carbonyl (C=O) groups is 1. The first-order chi connectivity index (χ1) is 10.7. The summed E-state index contributed by atoms with van der Waals surface area (Å²) < 4.78 is 1.88. The average molecular weight is 301 g/mol. The third kappa shape index (κ3) is 2.86. The molecule has 1 atom stereocenters. The molecule has 1 amide bonds. The van der Waals surface area contributed by atoms with Crippen LogP contribution in [0.5, 0.6) is 0 Å². The van der Waals surface area contributed by atoms with E-state index in [9.17, 15) is 9.90 Å². The van der Waals surface area contributed by atoms with Crippen molar-refractivity contribution in [2.45, 2.75) is 45.3 Å². The highest BCUT2D eigenvalue weighted by Gasteiger charge is 2.22. The summed E-state index contributed by atoms with van der Waals surface area (Å²) in [6.45, 7) is 3.86. The fraction of sp³-hybridized carbons (Fsp3) is 0.529. The Morgan fingerprint density at radius 3 is 2.73 bits per heavy atom. The maximum atomic E-state index is 12.6. The van der Waals surface area contributed by atoms with Crippen LogP contribution in [-0.2, 0) is 11.3 Å². The van der Waals surface area contributed by atoms with Crippen LogP contribution in [0.25, 0.3) is 11.0 Å². The molecule has 118 valence electrons. The molecular formula is C17H23N3O2. The standard InChI is InChI=1S/C17H23N3O2/c1-2-15(21)17-18-13-8-4-5-9-14(13)20(17)12-16(22)19-10-6-3-7-11-19/h4-5,8-9,15,21H,2-3,6-7,10-12H2,1H3/t15-/m0/s1. The Kier molecular flexibility index (Phi) is 4.43. The highest BCUT2D eigenvalue weighted by Crippen LogP contribution is 2.23. The summed E-state index contributed by atoms with van der Waals surface area (Å²) in [6.07, 6.45) is 3.32. The highest BCUT2D eigenvalue weighted by atomic mass is 16.3. The van der Waals surface area contributed by atoms with E-state index in [0.29, 0.717) is 12.2 Å². The summed E-state index contributed by atoms with van der Waals surface area (Å²) in [5.41, 5.74) is 1.74. The van der Waals surface area contributed by atoms with Gasteiger partial charge in [0.25, 0.3) is 0 Å². The smallest absolute Gasteiger partial charge is 0.242 e. The second kappa shape index (κ2) is 6.48. The minimum Gasteiger partial charge on any atom is -0.385 e. The lowest BCUT2D eigenvalue weighted by Crippen LogP contribution is -2.38. The van der Waals surface area contributed by atoms with Crippen LogP contribution in [0.15, 0.2) is 24.3 Å². The molecular weight excluding hydrogens is 278 g/mol. The fourth-order valence-corrected chi connectivity index (χ4v) is 3.08. The molecule has 1 N–H and O–H groups in total. The van der Waals surface area contributed by atoms with Crippen LogP contribution >= 0.6 is 0 Å². The topological polar surface area (TPSA) is 58.4 Å². The number of imidazole rings is 1. The molecule has 1 fully saturated rings. The number of piperidine rings is 1. The van der Waals surface area contributed by atoms with E-state index in [1.807, 2.05) is 40.7 Å². The number of rotatable bonds is 4. The summed E-state index contributed by atoms with van der Waals surface area (Å²) in [6, 6.07) is 7.74. The van der Waals surface area contributed by atoms with Crippen LogP contribution in [0.3, 0.4) is 0 Å². The minimum atomic E-state index is -0.637. The lowest BCUT2D eigenvalue weighted by Gasteiger charge is -2.27. The number of aliphatic hydroxyl groups excluding tert-OH is 1. The number of hydrogen-bond acceptors (Lipinski definition) is 3. The van der Waals surface area contributed by atoms with E-state index in [0.717, 1.165) is 37.0 Å². The zero-order valence-electron chi connectivity index (χ0n) is 13.0. The second-order valence-electron chi connectivity index (χ2n) is 5.91. The van der Waals surface area contributed by atoms with E-state index >= 15 is 0 Å². The van der Waals surface area contributed by atoms with Crippen molar-refractivity contribution in [2.75, 3.05) is 13.1 Å². The summed E-state index contributed by atoms with van der Waals surface area (Å²) >= 11 is 0. The normalized spacial score (nSPS) is 16.9. The molecule has 2 aromatic rings. The third-order valence-corrected chi connectivity index (χ3v) is 4.37. The van der Waals surface area contributed by atoms with E-state index in [-0.39, 0.29) is 12.5 Å². The number of amides is 1. The fourth-order valence-electron chi connectivity index (χ4n) is 3.08. The van der Waals surface area contributed by atoms with Gasteiger partial charge in [0.2, 0.25) is 5.91 Å². The first-order valence-corrected chi connectivity index (χ1v) is 8.11. The molecule has 0 aliphatic carbocycles. The molecule has 0 radical (unpaired) electrons. The second-order valence-corrected chi connectivity index (χ2v) is 5.91. The monoisotopic (exact) mass is 301 g/mol. The van der Waals surface area contributed by atoms with Crippen molar-refractivity contribution in [2.24, 2.45) is 0 Å². The van der Waals surface area contributed by atoms with Crippen LogP contribution < -0.4 is 0 Å². The van der Waals surface area contributed by atoms with E-state index in [4.69, 9.17) is 0 Å². The molecule has 0 saturated carbocycles. The van der Waals surface area contributed by atoms with Gasteiger partial charge in [-0.1, -0.05) is 19.1 Å². The highest BCUT2D eigenvalue weighted by molar-refractivity contribution is 5.81. The molecule has 0 bridgehead atoms. The summed E-state index contributed by atoms with van der Waals surface area (Å²) in [5.74, 6) is 0.710. The molecule has 0 unspecified atom stereocenters. The van der Waals surface area contributed by atoms with Crippen molar-refractivity contribution < 1.29 is 9.90 Å². The predicted octanol–water partition coefficient (Wildman–Crippen LogP) is 2.49.